The van der Waals surface area contributed by atoms with E-state index in [1.54, 1.807) is 35.2 Å². The quantitative estimate of drug-likeness (QED) is 0.572. The van der Waals surface area contributed by atoms with Crippen LogP contribution >= 0.6 is 11.3 Å². The Kier molecular flexibility index (Phi) is 5.52. The third-order valence-electron chi connectivity index (χ3n) is 4.45. The molecule has 26 heavy (non-hydrogen) atoms. The highest BCUT2D eigenvalue weighted by molar-refractivity contribution is 7.14. The van der Waals surface area contributed by atoms with E-state index in [4.69, 9.17) is 4.74 Å². The molecule has 2 heterocycles. The van der Waals surface area contributed by atoms with Gasteiger partial charge in [-0.2, -0.15) is 0 Å². The SMILES string of the molecule is CCc1sc(C(=O)OCC(=O)c2ccc(N3CCCC3=O)cc2)cc1C. The maximum atomic E-state index is 12.3. The van der Waals surface area contributed by atoms with Crippen LogP contribution in [0.3, 0.4) is 0 Å². The van der Waals surface area contributed by atoms with Crippen molar-refractivity contribution in [3.63, 3.8) is 0 Å². The minimum atomic E-state index is -0.467. The Bertz CT molecular complexity index is 838. The van der Waals surface area contributed by atoms with Crippen LogP contribution in [0.15, 0.2) is 30.3 Å². The number of hydrogen-bond donors (Lipinski definition) is 0. The van der Waals surface area contributed by atoms with Crippen molar-refractivity contribution in [2.75, 3.05) is 18.1 Å². The molecule has 1 aliphatic heterocycles. The van der Waals surface area contributed by atoms with E-state index < -0.39 is 5.97 Å². The molecule has 0 spiro atoms. The Hall–Kier alpha value is -2.47. The van der Waals surface area contributed by atoms with Crippen LogP contribution in [0.25, 0.3) is 0 Å². The molecule has 0 aliphatic carbocycles. The van der Waals surface area contributed by atoms with Crippen LogP contribution in [0.2, 0.25) is 0 Å². The maximum absolute atomic E-state index is 12.3. The fourth-order valence-electron chi connectivity index (χ4n) is 3.01. The molecule has 6 heteroatoms. The molecular formula is C20H21NO4S. The van der Waals surface area contributed by atoms with Gasteiger partial charge in [0.15, 0.2) is 12.4 Å². The number of rotatable bonds is 6. The molecule has 1 amide bonds. The fraction of sp³-hybridized carbons (Fsp3) is 0.350. The summed E-state index contributed by atoms with van der Waals surface area (Å²) in [7, 11) is 0. The summed E-state index contributed by atoms with van der Waals surface area (Å²) >= 11 is 1.41. The minimum absolute atomic E-state index is 0.107. The summed E-state index contributed by atoms with van der Waals surface area (Å²) < 4.78 is 5.16. The Morgan fingerprint density at radius 2 is 1.96 bits per heavy atom. The predicted octanol–water partition coefficient (Wildman–Crippen LogP) is 3.79. The van der Waals surface area contributed by atoms with Crippen LogP contribution < -0.4 is 4.90 Å². The normalized spacial score (nSPS) is 13.9. The van der Waals surface area contributed by atoms with E-state index in [1.165, 1.54) is 11.3 Å². The second-order valence-corrected chi connectivity index (χ2v) is 7.40. The second kappa shape index (κ2) is 7.83. The summed E-state index contributed by atoms with van der Waals surface area (Å²) in [4.78, 5) is 39.5. The second-order valence-electron chi connectivity index (χ2n) is 6.27. The molecule has 0 radical (unpaired) electrons. The number of amides is 1. The van der Waals surface area contributed by atoms with Crippen LogP contribution in [0.1, 0.15) is 50.2 Å². The highest BCUT2D eigenvalue weighted by Crippen LogP contribution is 2.24. The fourth-order valence-corrected chi connectivity index (χ4v) is 4.01. The smallest absolute Gasteiger partial charge is 0.348 e. The molecule has 1 saturated heterocycles. The van der Waals surface area contributed by atoms with Gasteiger partial charge in [-0.05, 0) is 55.7 Å². The molecule has 1 aliphatic rings. The molecule has 3 rings (SSSR count). The first-order chi connectivity index (χ1) is 12.5. The zero-order valence-corrected chi connectivity index (χ0v) is 15.7. The summed E-state index contributed by atoms with van der Waals surface area (Å²) in [5, 5.41) is 0. The first-order valence-electron chi connectivity index (χ1n) is 8.69. The van der Waals surface area contributed by atoms with E-state index in [2.05, 4.69) is 0 Å². The lowest BCUT2D eigenvalue weighted by Gasteiger charge is -2.15. The maximum Gasteiger partial charge on any atom is 0.348 e. The molecular weight excluding hydrogens is 350 g/mol. The standard InChI is InChI=1S/C20H21NO4S/c1-3-17-13(2)11-18(26-17)20(24)25-12-16(22)14-6-8-15(9-7-14)21-10-4-5-19(21)23/h6-9,11H,3-5,10,12H2,1-2H3. The third kappa shape index (κ3) is 3.85. The number of Topliss-reactive ketones (excluding diaryl/α,β-unsaturated/α-hetero) is 1. The lowest BCUT2D eigenvalue weighted by Crippen LogP contribution is -2.23. The molecule has 2 aromatic rings. The lowest BCUT2D eigenvalue weighted by atomic mass is 10.1. The molecule has 0 unspecified atom stereocenters. The summed E-state index contributed by atoms with van der Waals surface area (Å²) in [5.41, 5.74) is 2.33. The molecule has 136 valence electrons. The zero-order chi connectivity index (χ0) is 18.7. The zero-order valence-electron chi connectivity index (χ0n) is 14.9. The van der Waals surface area contributed by atoms with Gasteiger partial charge in [-0.3, -0.25) is 9.59 Å². The molecule has 5 nitrogen and oxygen atoms in total. The van der Waals surface area contributed by atoms with E-state index in [9.17, 15) is 14.4 Å². The summed E-state index contributed by atoms with van der Waals surface area (Å²) in [6, 6.07) is 8.66. The number of carbonyl (C=O) groups excluding carboxylic acids is 3. The van der Waals surface area contributed by atoms with Crippen LogP contribution in [0.5, 0.6) is 0 Å². The predicted molar refractivity (Wildman–Crippen MR) is 101 cm³/mol. The number of ether oxygens (including phenoxy) is 1. The average molecular weight is 371 g/mol. The van der Waals surface area contributed by atoms with Gasteiger partial charge in [0, 0.05) is 29.1 Å². The Morgan fingerprint density at radius 3 is 2.54 bits per heavy atom. The number of esters is 1. The van der Waals surface area contributed by atoms with Crippen LogP contribution in [-0.2, 0) is 16.0 Å². The number of ketones is 1. The first-order valence-corrected chi connectivity index (χ1v) is 9.51. The molecule has 0 bridgehead atoms. The van der Waals surface area contributed by atoms with Crippen molar-refractivity contribution in [2.45, 2.75) is 33.1 Å². The molecule has 1 fully saturated rings. The summed E-state index contributed by atoms with van der Waals surface area (Å²) in [6.45, 7) is 4.42. The van der Waals surface area contributed by atoms with E-state index in [1.807, 2.05) is 13.8 Å². The number of anilines is 1. The van der Waals surface area contributed by atoms with Gasteiger partial charge >= 0.3 is 5.97 Å². The monoisotopic (exact) mass is 371 g/mol. The van der Waals surface area contributed by atoms with Crippen LogP contribution in [0, 0.1) is 6.92 Å². The number of nitrogens with zero attached hydrogens (tertiary/aromatic N) is 1. The van der Waals surface area contributed by atoms with Crippen molar-refractivity contribution < 1.29 is 19.1 Å². The Balaban J connectivity index is 1.59. The molecule has 0 atom stereocenters. The highest BCUT2D eigenvalue weighted by Gasteiger charge is 2.22. The molecule has 1 aromatic heterocycles. The largest absolute Gasteiger partial charge is 0.453 e. The van der Waals surface area contributed by atoms with Gasteiger partial charge in [-0.15, -0.1) is 11.3 Å². The topological polar surface area (TPSA) is 63.7 Å². The van der Waals surface area contributed by atoms with E-state index in [-0.39, 0.29) is 18.3 Å². The van der Waals surface area contributed by atoms with Gasteiger partial charge in [-0.25, -0.2) is 4.79 Å². The van der Waals surface area contributed by atoms with Gasteiger partial charge in [0.2, 0.25) is 5.91 Å². The number of aryl methyl sites for hydroxylation is 2. The summed E-state index contributed by atoms with van der Waals surface area (Å²) in [6.07, 6.45) is 2.30. The third-order valence-corrected chi connectivity index (χ3v) is 5.81. The highest BCUT2D eigenvalue weighted by atomic mass is 32.1. The number of benzene rings is 1. The van der Waals surface area contributed by atoms with Crippen molar-refractivity contribution in [2.24, 2.45) is 0 Å². The van der Waals surface area contributed by atoms with Crippen LogP contribution in [0.4, 0.5) is 5.69 Å². The molecule has 1 aromatic carbocycles. The summed E-state index contributed by atoms with van der Waals surface area (Å²) in [5.74, 6) is -0.622. The van der Waals surface area contributed by atoms with E-state index in [0.717, 1.165) is 29.0 Å². The van der Waals surface area contributed by atoms with Crippen molar-refractivity contribution in [1.82, 2.24) is 0 Å². The van der Waals surface area contributed by atoms with Crippen molar-refractivity contribution >= 4 is 34.7 Å². The Morgan fingerprint density at radius 1 is 1.23 bits per heavy atom. The van der Waals surface area contributed by atoms with Gasteiger partial charge in [0.05, 0.1) is 0 Å². The van der Waals surface area contributed by atoms with Crippen molar-refractivity contribution in [1.29, 1.82) is 0 Å². The number of thiophene rings is 1. The molecule has 0 N–H and O–H groups in total. The van der Waals surface area contributed by atoms with Crippen molar-refractivity contribution in [3.8, 4) is 0 Å². The van der Waals surface area contributed by atoms with Gasteiger partial charge < -0.3 is 9.64 Å². The first kappa shape index (κ1) is 18.3. The number of carbonyl (C=O) groups is 3. The van der Waals surface area contributed by atoms with Gasteiger partial charge in [0.25, 0.3) is 0 Å². The average Bonchev–Trinajstić information content (AvgIpc) is 3.24. The van der Waals surface area contributed by atoms with E-state index >= 15 is 0 Å². The van der Waals surface area contributed by atoms with Crippen LogP contribution in [-0.4, -0.2) is 30.8 Å². The lowest BCUT2D eigenvalue weighted by molar-refractivity contribution is -0.117. The van der Waals surface area contributed by atoms with E-state index in [0.29, 0.717) is 23.4 Å². The van der Waals surface area contributed by atoms with Gasteiger partial charge in [0.1, 0.15) is 4.88 Å². The Labute approximate surface area is 156 Å². The minimum Gasteiger partial charge on any atom is -0.453 e. The van der Waals surface area contributed by atoms with Gasteiger partial charge in [-0.1, -0.05) is 6.92 Å². The number of hydrogen-bond acceptors (Lipinski definition) is 5. The van der Waals surface area contributed by atoms with Crippen molar-refractivity contribution in [3.05, 3.63) is 51.2 Å². The molecule has 0 saturated carbocycles.